The number of carboxylic acid groups (broad SMARTS) is 1. The molecule has 0 bridgehead atoms. The molecule has 1 fully saturated rings. The fourth-order valence-corrected chi connectivity index (χ4v) is 6.57. The Morgan fingerprint density at radius 1 is 1.50 bits per heavy atom. The molecule has 0 radical (unpaired) electrons. The number of aromatic nitrogens is 5. The summed E-state index contributed by atoms with van der Waals surface area (Å²) >= 11 is 9.67. The Morgan fingerprint density at radius 2 is 2.28 bits per heavy atom. The first-order valence-electron chi connectivity index (χ1n) is 10.0. The molecule has 2 aromatic heterocycles. The first kappa shape index (κ1) is 25.9. The number of rotatable bonds is 10. The van der Waals surface area contributed by atoms with Gasteiger partial charge in [0, 0.05) is 18.6 Å². The van der Waals surface area contributed by atoms with E-state index in [1.165, 1.54) is 39.2 Å². The standard InChI is InChI=1S/C18H18ClN9O5S3/c1-3-4-33-24-9(8-12(19)36-17(20)22-8)13(29)21-10-14(30)28-11(16(31)32)7(5-34-15(10)28)6-35-18-23-25-26-27(18)2/h3,10,15H,1,4-6H2,2H3,(H2,20,22)(H,21,29)(H,31,32)/t10?,15-/m0/s1. The minimum Gasteiger partial charge on any atom is -0.477 e. The summed E-state index contributed by atoms with van der Waals surface area (Å²) in [6, 6.07) is -0.992. The summed E-state index contributed by atoms with van der Waals surface area (Å²) in [5, 5.41) is 27.4. The lowest BCUT2D eigenvalue weighted by Gasteiger charge is -2.49. The van der Waals surface area contributed by atoms with Gasteiger partial charge in [-0.15, -0.1) is 16.9 Å². The van der Waals surface area contributed by atoms with Gasteiger partial charge in [0.15, 0.2) is 10.8 Å². The van der Waals surface area contributed by atoms with Crippen molar-refractivity contribution in [2.75, 3.05) is 23.8 Å². The number of carbonyl (C=O) groups excluding carboxylic acids is 2. The highest BCUT2D eigenvalue weighted by Gasteiger charge is 2.54. The van der Waals surface area contributed by atoms with E-state index in [1.807, 2.05) is 0 Å². The first-order chi connectivity index (χ1) is 17.2. The van der Waals surface area contributed by atoms with Crippen molar-refractivity contribution in [1.29, 1.82) is 0 Å². The zero-order valence-electron chi connectivity index (χ0n) is 18.5. The number of halogens is 1. The maximum atomic E-state index is 13.1. The van der Waals surface area contributed by atoms with Gasteiger partial charge in [-0.1, -0.05) is 52.5 Å². The second kappa shape index (κ2) is 10.9. The monoisotopic (exact) mass is 571 g/mol. The number of hydrogen-bond acceptors (Lipinski definition) is 13. The number of anilines is 1. The molecule has 2 atom stereocenters. The summed E-state index contributed by atoms with van der Waals surface area (Å²) in [5.74, 6) is -1.98. The molecule has 4 N–H and O–H groups in total. The zero-order chi connectivity index (χ0) is 26.0. The van der Waals surface area contributed by atoms with Crippen LogP contribution in [0.25, 0.3) is 0 Å². The second-order valence-electron chi connectivity index (χ2n) is 7.19. The van der Waals surface area contributed by atoms with Gasteiger partial charge < -0.3 is 21.0 Å². The molecule has 1 unspecified atom stereocenters. The van der Waals surface area contributed by atoms with Crippen molar-refractivity contribution in [3.8, 4) is 0 Å². The lowest BCUT2D eigenvalue weighted by Crippen LogP contribution is -2.71. The van der Waals surface area contributed by atoms with Crippen LogP contribution >= 0.6 is 46.5 Å². The van der Waals surface area contributed by atoms with Crippen molar-refractivity contribution in [2.24, 2.45) is 12.2 Å². The highest BCUT2D eigenvalue weighted by molar-refractivity contribution is 8.01. The number of carbonyl (C=O) groups is 3. The summed E-state index contributed by atoms with van der Waals surface area (Å²) in [6.07, 6.45) is 1.43. The molecule has 18 heteroatoms. The summed E-state index contributed by atoms with van der Waals surface area (Å²) in [5.41, 5.74) is 5.84. The highest BCUT2D eigenvalue weighted by Crippen LogP contribution is 2.41. The van der Waals surface area contributed by atoms with E-state index >= 15 is 0 Å². The largest absolute Gasteiger partial charge is 0.477 e. The van der Waals surface area contributed by atoms with E-state index in [-0.39, 0.29) is 38.9 Å². The topological polar surface area (TPSA) is 191 Å². The molecule has 0 saturated carbocycles. The number of β-lactam (4-membered cyclic amide) rings is 1. The number of nitrogens with two attached hydrogens (primary N) is 1. The van der Waals surface area contributed by atoms with E-state index in [9.17, 15) is 19.5 Å². The summed E-state index contributed by atoms with van der Waals surface area (Å²) < 4.78 is 1.58. The van der Waals surface area contributed by atoms with Crippen LogP contribution in [0.15, 0.2) is 34.2 Å². The fraction of sp³-hybridized carbons (Fsp3) is 0.333. The summed E-state index contributed by atoms with van der Waals surface area (Å²) in [7, 11) is 1.67. The van der Waals surface area contributed by atoms with Gasteiger partial charge in [0.25, 0.3) is 11.8 Å². The van der Waals surface area contributed by atoms with E-state index in [1.54, 1.807) is 7.05 Å². The number of fused-ring (bicyclic) bond motifs is 1. The van der Waals surface area contributed by atoms with Crippen LogP contribution in [-0.4, -0.2) is 88.2 Å². The Hall–Kier alpha value is -3.15. The van der Waals surface area contributed by atoms with E-state index in [0.29, 0.717) is 16.5 Å². The van der Waals surface area contributed by atoms with E-state index in [2.05, 4.69) is 37.6 Å². The molecular weight excluding hydrogens is 554 g/mol. The molecule has 190 valence electrons. The van der Waals surface area contributed by atoms with E-state index in [4.69, 9.17) is 22.2 Å². The molecule has 14 nitrogen and oxygen atoms in total. The van der Waals surface area contributed by atoms with Crippen molar-refractivity contribution in [2.45, 2.75) is 16.6 Å². The molecule has 2 aromatic rings. The molecule has 0 spiro atoms. The molecule has 0 aliphatic carbocycles. The van der Waals surface area contributed by atoms with Crippen LogP contribution in [0.2, 0.25) is 4.34 Å². The van der Waals surface area contributed by atoms with Gasteiger partial charge in [-0.05, 0) is 16.0 Å². The minimum absolute atomic E-state index is 0.00403. The number of oxime groups is 1. The van der Waals surface area contributed by atoms with Crippen molar-refractivity contribution in [1.82, 2.24) is 35.4 Å². The fourth-order valence-electron chi connectivity index (χ4n) is 3.31. The maximum absolute atomic E-state index is 13.1. The summed E-state index contributed by atoms with van der Waals surface area (Å²) in [6.45, 7) is 3.52. The third-order valence-corrected chi connectivity index (χ3v) is 8.40. The van der Waals surface area contributed by atoms with Crippen molar-refractivity contribution >= 4 is 75.1 Å². The van der Waals surface area contributed by atoms with Gasteiger partial charge in [0.2, 0.25) is 5.16 Å². The van der Waals surface area contributed by atoms with Crippen LogP contribution in [0.1, 0.15) is 5.69 Å². The average molecular weight is 572 g/mol. The molecule has 2 aliphatic heterocycles. The minimum atomic E-state index is -1.24. The van der Waals surface area contributed by atoms with Crippen LogP contribution in [0, 0.1) is 0 Å². The van der Waals surface area contributed by atoms with Gasteiger partial charge in [0.1, 0.15) is 33.7 Å². The first-order valence-corrected chi connectivity index (χ1v) is 13.2. The van der Waals surface area contributed by atoms with E-state index in [0.717, 1.165) is 11.3 Å². The predicted molar refractivity (Wildman–Crippen MR) is 133 cm³/mol. The van der Waals surface area contributed by atoms with Gasteiger partial charge in [-0.3, -0.25) is 14.5 Å². The SMILES string of the molecule is C=CCON=C(C(=O)NC1C(=O)N2C(C(=O)O)=C(CSc3nnnn3C)CS[C@@H]12)c1nc(N)sc1Cl. The second-order valence-corrected chi connectivity index (χ2v) is 10.9. The third kappa shape index (κ3) is 5.04. The van der Waals surface area contributed by atoms with Gasteiger partial charge in [-0.2, -0.15) is 0 Å². The number of tetrazole rings is 1. The van der Waals surface area contributed by atoms with Crippen molar-refractivity contribution in [3.05, 3.63) is 34.0 Å². The molecule has 0 aromatic carbocycles. The number of nitrogen functional groups attached to an aromatic ring is 1. The number of nitrogens with one attached hydrogen (secondary N) is 1. The van der Waals surface area contributed by atoms with Crippen LogP contribution in [-0.2, 0) is 26.3 Å². The molecule has 2 aliphatic rings. The number of nitrogens with zero attached hydrogens (tertiary/aromatic N) is 7. The lowest BCUT2D eigenvalue weighted by molar-refractivity contribution is -0.150. The molecular formula is C18H18ClN9O5S3. The van der Waals surface area contributed by atoms with Crippen LogP contribution in [0.4, 0.5) is 5.13 Å². The quantitative estimate of drug-likeness (QED) is 0.0886. The Bertz CT molecular complexity index is 1290. The lowest BCUT2D eigenvalue weighted by atomic mass is 10.0. The summed E-state index contributed by atoms with van der Waals surface area (Å²) in [4.78, 5) is 48.3. The predicted octanol–water partition coefficient (Wildman–Crippen LogP) is 0.340. The molecule has 1 saturated heterocycles. The Balaban J connectivity index is 1.51. The zero-order valence-corrected chi connectivity index (χ0v) is 21.7. The van der Waals surface area contributed by atoms with Crippen LogP contribution < -0.4 is 11.1 Å². The number of thiazole rings is 1. The molecule has 4 heterocycles. The average Bonchev–Trinajstić information content (AvgIpc) is 3.41. The molecule has 2 amide bonds. The van der Waals surface area contributed by atoms with Crippen molar-refractivity contribution < 1.29 is 24.3 Å². The van der Waals surface area contributed by atoms with Gasteiger partial charge in [0.05, 0.1) is 0 Å². The highest BCUT2D eigenvalue weighted by atomic mass is 35.5. The maximum Gasteiger partial charge on any atom is 0.352 e. The third-order valence-electron chi connectivity index (χ3n) is 4.88. The Kier molecular flexibility index (Phi) is 7.82. The number of aliphatic carboxylic acids is 1. The smallest absolute Gasteiger partial charge is 0.352 e. The van der Waals surface area contributed by atoms with Crippen LogP contribution in [0.5, 0.6) is 0 Å². The van der Waals surface area contributed by atoms with Gasteiger partial charge >= 0.3 is 5.97 Å². The normalized spacial score (nSPS) is 19.6. The van der Waals surface area contributed by atoms with E-state index < -0.39 is 29.2 Å². The number of hydrogen-bond donors (Lipinski definition) is 3. The Morgan fingerprint density at radius 3 is 2.89 bits per heavy atom. The Labute approximate surface area is 220 Å². The number of thioether (sulfide) groups is 2. The molecule has 36 heavy (non-hydrogen) atoms. The number of aryl methyl sites for hydroxylation is 1. The van der Waals surface area contributed by atoms with Gasteiger partial charge in [-0.25, -0.2) is 14.5 Å². The van der Waals surface area contributed by atoms with Crippen molar-refractivity contribution in [3.63, 3.8) is 0 Å². The number of amides is 2. The number of carboxylic acids is 1. The van der Waals surface area contributed by atoms with Crippen LogP contribution in [0.3, 0.4) is 0 Å². The molecule has 4 rings (SSSR count).